The fraction of sp³-hybridized carbons (Fsp3) is 0.500. The predicted octanol–water partition coefficient (Wildman–Crippen LogP) is 0.947. The number of hydrogen-bond acceptors (Lipinski definition) is 5. The molecule has 0 aliphatic carbocycles. The maximum atomic E-state index is 12.8. The van der Waals surface area contributed by atoms with E-state index in [-0.39, 0.29) is 23.7 Å². The largest absolute Gasteiger partial charge is 0.467 e. The predicted molar refractivity (Wildman–Crippen MR) is 117 cm³/mol. The van der Waals surface area contributed by atoms with Crippen LogP contribution in [0.2, 0.25) is 0 Å². The van der Waals surface area contributed by atoms with Crippen LogP contribution in [0.25, 0.3) is 0 Å². The van der Waals surface area contributed by atoms with Crippen molar-refractivity contribution < 1.29 is 23.9 Å². The van der Waals surface area contributed by atoms with Crippen LogP contribution in [0.4, 0.5) is 0 Å². The zero-order chi connectivity index (χ0) is 23.1. The number of esters is 1. The van der Waals surface area contributed by atoms with Gasteiger partial charge in [-0.3, -0.25) is 14.4 Å². The van der Waals surface area contributed by atoms with Crippen molar-refractivity contribution in [1.29, 1.82) is 0 Å². The molecule has 8 heteroatoms. The van der Waals surface area contributed by atoms with Crippen molar-refractivity contribution in [3.05, 3.63) is 35.9 Å². The monoisotopic (exact) mass is 439 g/mol. The van der Waals surface area contributed by atoms with Crippen LogP contribution in [-0.4, -0.2) is 72.8 Å². The number of nitrogens with one attached hydrogen (secondary N) is 1. The molecule has 0 bridgehead atoms. The first kappa shape index (κ1) is 23.3. The Balaban J connectivity index is 1.52. The summed E-state index contributed by atoms with van der Waals surface area (Å²) >= 11 is 0. The average Bonchev–Trinajstić information content (AvgIpc) is 3.21. The number of rotatable bonds is 4. The van der Waals surface area contributed by atoms with Crippen molar-refractivity contribution in [3.63, 3.8) is 0 Å². The van der Waals surface area contributed by atoms with Gasteiger partial charge in [0.25, 0.3) is 5.91 Å². The number of likely N-dealkylation sites (tertiary alicyclic amines) is 2. The van der Waals surface area contributed by atoms with Gasteiger partial charge >= 0.3 is 5.97 Å². The van der Waals surface area contributed by atoms with Gasteiger partial charge in [-0.15, -0.1) is 0 Å². The number of methoxy groups -OCH3 is 1. The SMILES string of the molecule is COC(=O)C(CC(=O)N1CCC2(CCN(C(=O)C#Cc3ccccc3)CC2)C1)NC(C)=O. The highest BCUT2D eigenvalue weighted by Crippen LogP contribution is 2.40. The van der Waals surface area contributed by atoms with Crippen molar-refractivity contribution in [1.82, 2.24) is 15.1 Å². The van der Waals surface area contributed by atoms with E-state index in [0.717, 1.165) is 24.8 Å². The highest BCUT2D eigenvalue weighted by molar-refractivity contribution is 5.94. The van der Waals surface area contributed by atoms with Gasteiger partial charge in [0.05, 0.1) is 13.5 Å². The van der Waals surface area contributed by atoms with Crippen LogP contribution in [-0.2, 0) is 23.9 Å². The van der Waals surface area contributed by atoms with Crippen molar-refractivity contribution in [2.45, 2.75) is 38.6 Å². The fourth-order valence-electron chi connectivity index (χ4n) is 4.35. The van der Waals surface area contributed by atoms with Gasteiger partial charge in [-0.2, -0.15) is 0 Å². The zero-order valence-electron chi connectivity index (χ0n) is 18.6. The lowest BCUT2D eigenvalue weighted by atomic mass is 9.78. The first-order chi connectivity index (χ1) is 15.3. The highest BCUT2D eigenvalue weighted by Gasteiger charge is 2.43. The van der Waals surface area contributed by atoms with Gasteiger partial charge < -0.3 is 19.9 Å². The average molecular weight is 440 g/mol. The molecule has 0 saturated carbocycles. The summed E-state index contributed by atoms with van der Waals surface area (Å²) in [5, 5.41) is 2.48. The Hall–Kier alpha value is -3.34. The van der Waals surface area contributed by atoms with E-state index in [1.807, 2.05) is 30.3 Å². The van der Waals surface area contributed by atoms with Crippen LogP contribution < -0.4 is 5.32 Å². The van der Waals surface area contributed by atoms with Crippen molar-refractivity contribution in [2.75, 3.05) is 33.3 Å². The summed E-state index contributed by atoms with van der Waals surface area (Å²) in [5.41, 5.74) is 0.789. The van der Waals surface area contributed by atoms with E-state index < -0.39 is 17.9 Å². The standard InChI is InChI=1S/C24H29N3O5/c1-18(28)25-20(23(31)32-2)16-22(30)27-15-12-24(17-27)10-13-26(14-11-24)21(29)9-8-19-6-4-3-5-7-19/h3-7,20H,10-17H2,1-2H3,(H,25,28). The summed E-state index contributed by atoms with van der Waals surface area (Å²) in [6.45, 7) is 3.72. The number of piperidine rings is 1. The summed E-state index contributed by atoms with van der Waals surface area (Å²) in [5.74, 6) is 4.25. The molecular weight excluding hydrogens is 410 g/mol. The summed E-state index contributed by atoms with van der Waals surface area (Å²) in [6, 6.07) is 8.43. The quantitative estimate of drug-likeness (QED) is 0.557. The van der Waals surface area contributed by atoms with E-state index in [0.29, 0.717) is 26.2 Å². The van der Waals surface area contributed by atoms with E-state index in [9.17, 15) is 19.2 Å². The van der Waals surface area contributed by atoms with Gasteiger partial charge in [-0.25, -0.2) is 4.79 Å². The topological polar surface area (TPSA) is 96.0 Å². The Morgan fingerprint density at radius 3 is 2.28 bits per heavy atom. The van der Waals surface area contributed by atoms with Crippen LogP contribution in [0, 0.1) is 17.3 Å². The molecule has 1 spiro atoms. The molecule has 0 aromatic heterocycles. The second-order valence-electron chi connectivity index (χ2n) is 8.45. The van der Waals surface area contributed by atoms with Crippen LogP contribution in [0.3, 0.4) is 0 Å². The van der Waals surface area contributed by atoms with E-state index >= 15 is 0 Å². The first-order valence-corrected chi connectivity index (χ1v) is 10.8. The minimum atomic E-state index is -0.982. The Labute approximate surface area is 188 Å². The van der Waals surface area contributed by atoms with Crippen molar-refractivity contribution >= 4 is 23.7 Å². The van der Waals surface area contributed by atoms with Crippen LogP contribution >= 0.6 is 0 Å². The third-order valence-electron chi connectivity index (χ3n) is 6.23. The van der Waals surface area contributed by atoms with Crippen LogP contribution in [0.15, 0.2) is 30.3 Å². The normalized spacial score (nSPS) is 17.8. The van der Waals surface area contributed by atoms with E-state index in [4.69, 9.17) is 4.74 Å². The Morgan fingerprint density at radius 1 is 1.06 bits per heavy atom. The molecule has 3 rings (SSSR count). The molecule has 1 aromatic carbocycles. The Bertz CT molecular complexity index is 926. The van der Waals surface area contributed by atoms with Gasteiger partial charge in [0.1, 0.15) is 6.04 Å². The molecule has 2 heterocycles. The molecular formula is C24H29N3O5. The lowest BCUT2D eigenvalue weighted by Gasteiger charge is -2.38. The molecule has 8 nitrogen and oxygen atoms in total. The van der Waals surface area contributed by atoms with Gasteiger partial charge in [0, 0.05) is 44.6 Å². The second kappa shape index (κ2) is 10.3. The minimum absolute atomic E-state index is 0.0198. The fourth-order valence-corrected chi connectivity index (χ4v) is 4.35. The van der Waals surface area contributed by atoms with Crippen molar-refractivity contribution in [2.24, 2.45) is 5.41 Å². The Morgan fingerprint density at radius 2 is 1.69 bits per heavy atom. The molecule has 2 aliphatic rings. The number of ether oxygens (including phenoxy) is 1. The number of carbonyl (C=O) groups excluding carboxylic acids is 4. The van der Waals surface area contributed by atoms with E-state index in [1.54, 1.807) is 9.80 Å². The molecule has 2 aliphatic heterocycles. The minimum Gasteiger partial charge on any atom is -0.467 e. The van der Waals surface area contributed by atoms with Crippen molar-refractivity contribution in [3.8, 4) is 11.8 Å². The van der Waals surface area contributed by atoms with E-state index in [1.165, 1.54) is 14.0 Å². The van der Waals surface area contributed by atoms with Gasteiger partial charge in [0.15, 0.2) is 0 Å². The summed E-state index contributed by atoms with van der Waals surface area (Å²) in [6.07, 6.45) is 2.35. The smallest absolute Gasteiger partial charge is 0.328 e. The third kappa shape index (κ3) is 5.88. The molecule has 32 heavy (non-hydrogen) atoms. The number of carbonyl (C=O) groups is 4. The van der Waals surface area contributed by atoms with E-state index in [2.05, 4.69) is 17.2 Å². The molecule has 170 valence electrons. The molecule has 2 fully saturated rings. The third-order valence-corrected chi connectivity index (χ3v) is 6.23. The molecule has 1 aromatic rings. The van der Waals surface area contributed by atoms with Crippen LogP contribution in [0.1, 0.15) is 38.2 Å². The summed E-state index contributed by atoms with van der Waals surface area (Å²) in [4.78, 5) is 52.0. The van der Waals surface area contributed by atoms with Gasteiger partial charge in [0.2, 0.25) is 11.8 Å². The maximum absolute atomic E-state index is 12.8. The number of nitrogens with zero attached hydrogens (tertiary/aromatic N) is 2. The lowest BCUT2D eigenvalue weighted by Crippen LogP contribution is -2.46. The maximum Gasteiger partial charge on any atom is 0.328 e. The summed E-state index contributed by atoms with van der Waals surface area (Å²) in [7, 11) is 1.23. The molecule has 3 amide bonds. The number of hydrogen-bond donors (Lipinski definition) is 1. The number of benzene rings is 1. The summed E-state index contributed by atoms with van der Waals surface area (Å²) < 4.78 is 4.70. The highest BCUT2D eigenvalue weighted by atomic mass is 16.5. The Kier molecular flexibility index (Phi) is 7.52. The number of amides is 3. The lowest BCUT2D eigenvalue weighted by molar-refractivity contribution is -0.147. The van der Waals surface area contributed by atoms with Gasteiger partial charge in [-0.1, -0.05) is 24.1 Å². The molecule has 1 unspecified atom stereocenters. The molecule has 2 saturated heterocycles. The van der Waals surface area contributed by atoms with Crippen LogP contribution in [0.5, 0.6) is 0 Å². The second-order valence-corrected chi connectivity index (χ2v) is 8.45. The molecule has 1 atom stereocenters. The van der Waals surface area contributed by atoms with Gasteiger partial charge in [-0.05, 0) is 36.8 Å². The molecule has 1 N–H and O–H groups in total. The molecule has 0 radical (unpaired) electrons. The first-order valence-electron chi connectivity index (χ1n) is 10.8. The zero-order valence-corrected chi connectivity index (χ0v) is 18.6.